The van der Waals surface area contributed by atoms with Gasteiger partial charge in [0.15, 0.2) is 0 Å². The molecular formula is C19H27N3O2S. The van der Waals surface area contributed by atoms with Crippen molar-refractivity contribution in [2.75, 3.05) is 5.75 Å². The van der Waals surface area contributed by atoms with Crippen LogP contribution in [0.15, 0.2) is 30.3 Å². The van der Waals surface area contributed by atoms with Crippen LogP contribution >= 0.6 is 11.8 Å². The average molecular weight is 362 g/mol. The second-order valence-electron chi connectivity index (χ2n) is 7.09. The maximum absolute atomic E-state index is 12.4. The fourth-order valence-corrected chi connectivity index (χ4v) is 5.12. The van der Waals surface area contributed by atoms with Gasteiger partial charge < -0.3 is 16.0 Å². The molecule has 6 heteroatoms. The Morgan fingerprint density at radius 3 is 2.80 bits per heavy atom. The summed E-state index contributed by atoms with van der Waals surface area (Å²) < 4.78 is 0. The molecule has 0 bridgehead atoms. The lowest BCUT2D eigenvalue weighted by Crippen LogP contribution is -2.37. The maximum Gasteiger partial charge on any atom is 0.315 e. The van der Waals surface area contributed by atoms with Crippen LogP contribution in [-0.2, 0) is 4.79 Å². The second kappa shape index (κ2) is 8.13. The molecule has 25 heavy (non-hydrogen) atoms. The number of benzene rings is 1. The summed E-state index contributed by atoms with van der Waals surface area (Å²) >= 11 is 1.93. The SMILES string of the molecule is C[C@H](NC(=O)[C@@H](C)CCC[C@@H]1SC[C@@H]2NC(=O)N[C@@H]21)c1ccccc1. The van der Waals surface area contributed by atoms with Crippen LogP contribution in [0.3, 0.4) is 0 Å². The molecule has 0 spiro atoms. The highest BCUT2D eigenvalue weighted by molar-refractivity contribution is 8.00. The first-order chi connectivity index (χ1) is 12.0. The first kappa shape index (κ1) is 18.1. The number of urea groups is 1. The number of thioether (sulfide) groups is 1. The van der Waals surface area contributed by atoms with Crippen molar-refractivity contribution in [3.63, 3.8) is 0 Å². The number of hydrogen-bond donors (Lipinski definition) is 3. The van der Waals surface area contributed by atoms with Crippen LogP contribution in [0.4, 0.5) is 4.79 Å². The molecule has 5 atom stereocenters. The number of carbonyl (C=O) groups excluding carboxylic acids is 2. The van der Waals surface area contributed by atoms with E-state index in [0.717, 1.165) is 30.6 Å². The Labute approximate surface area is 153 Å². The van der Waals surface area contributed by atoms with Crippen molar-refractivity contribution in [2.45, 2.75) is 56.5 Å². The molecule has 2 fully saturated rings. The molecule has 5 nitrogen and oxygen atoms in total. The quantitative estimate of drug-likeness (QED) is 0.654. The Bertz CT molecular complexity index is 610. The van der Waals surface area contributed by atoms with Crippen LogP contribution in [0.2, 0.25) is 0 Å². The Morgan fingerprint density at radius 1 is 1.28 bits per heavy atom. The van der Waals surface area contributed by atoms with E-state index in [4.69, 9.17) is 0 Å². The zero-order chi connectivity index (χ0) is 17.8. The van der Waals surface area contributed by atoms with Crippen molar-refractivity contribution in [3.8, 4) is 0 Å². The van der Waals surface area contributed by atoms with Gasteiger partial charge in [0, 0.05) is 16.9 Å². The molecule has 3 amide bonds. The van der Waals surface area contributed by atoms with Crippen LogP contribution in [0, 0.1) is 5.92 Å². The van der Waals surface area contributed by atoms with E-state index in [1.165, 1.54) is 0 Å². The van der Waals surface area contributed by atoms with Gasteiger partial charge in [0.25, 0.3) is 0 Å². The van der Waals surface area contributed by atoms with Gasteiger partial charge in [-0.15, -0.1) is 0 Å². The first-order valence-corrected chi connectivity index (χ1v) is 10.1. The van der Waals surface area contributed by atoms with Crippen LogP contribution in [0.1, 0.15) is 44.7 Å². The lowest BCUT2D eigenvalue weighted by atomic mass is 9.98. The zero-order valence-electron chi connectivity index (χ0n) is 14.8. The van der Waals surface area contributed by atoms with E-state index >= 15 is 0 Å². The van der Waals surface area contributed by atoms with Gasteiger partial charge in [0.1, 0.15) is 0 Å². The van der Waals surface area contributed by atoms with Crippen molar-refractivity contribution in [2.24, 2.45) is 5.92 Å². The lowest BCUT2D eigenvalue weighted by molar-refractivity contribution is -0.125. The van der Waals surface area contributed by atoms with Crippen molar-refractivity contribution in [1.82, 2.24) is 16.0 Å². The minimum atomic E-state index is -0.0389. The fourth-order valence-electron chi connectivity index (χ4n) is 3.58. The number of fused-ring (bicyclic) bond motifs is 1. The zero-order valence-corrected chi connectivity index (χ0v) is 15.6. The van der Waals surface area contributed by atoms with Gasteiger partial charge in [-0.25, -0.2) is 4.79 Å². The van der Waals surface area contributed by atoms with Crippen LogP contribution in [-0.4, -0.2) is 35.0 Å². The minimum Gasteiger partial charge on any atom is -0.349 e. The Kier molecular flexibility index (Phi) is 5.89. The molecule has 2 aliphatic heterocycles. The van der Waals surface area contributed by atoms with Gasteiger partial charge in [-0.3, -0.25) is 4.79 Å². The Balaban J connectivity index is 1.39. The summed E-state index contributed by atoms with van der Waals surface area (Å²) in [5.41, 5.74) is 1.13. The molecule has 136 valence electrons. The molecule has 0 aliphatic carbocycles. The van der Waals surface area contributed by atoms with Crippen molar-refractivity contribution in [1.29, 1.82) is 0 Å². The summed E-state index contributed by atoms with van der Waals surface area (Å²) in [6.07, 6.45) is 2.92. The topological polar surface area (TPSA) is 70.2 Å². The third kappa shape index (κ3) is 4.48. The van der Waals surface area contributed by atoms with Gasteiger partial charge in [-0.1, -0.05) is 43.7 Å². The van der Waals surface area contributed by atoms with E-state index in [9.17, 15) is 9.59 Å². The van der Waals surface area contributed by atoms with Crippen LogP contribution < -0.4 is 16.0 Å². The standard InChI is InChI=1S/C19H27N3O2S/c1-12(18(23)20-13(2)14-8-4-3-5-9-14)7-6-10-16-17-15(11-25-16)21-19(24)22-17/h3-5,8-9,12-13,15-17H,6-7,10-11H2,1-2H3,(H,20,23)(H2,21,22,24)/t12-,13-,15-,16-,17-/m0/s1. The van der Waals surface area contributed by atoms with Crippen LogP contribution in [0.5, 0.6) is 0 Å². The number of amides is 3. The van der Waals surface area contributed by atoms with E-state index in [0.29, 0.717) is 5.25 Å². The van der Waals surface area contributed by atoms with Crippen molar-refractivity contribution in [3.05, 3.63) is 35.9 Å². The predicted molar refractivity (Wildman–Crippen MR) is 102 cm³/mol. The molecule has 2 heterocycles. The molecule has 3 N–H and O–H groups in total. The monoisotopic (exact) mass is 361 g/mol. The summed E-state index contributed by atoms with van der Waals surface area (Å²) in [5, 5.41) is 9.55. The summed E-state index contributed by atoms with van der Waals surface area (Å²) in [4.78, 5) is 23.8. The highest BCUT2D eigenvalue weighted by Crippen LogP contribution is 2.33. The van der Waals surface area contributed by atoms with E-state index in [2.05, 4.69) is 16.0 Å². The van der Waals surface area contributed by atoms with E-state index in [1.807, 2.05) is 55.9 Å². The summed E-state index contributed by atoms with van der Waals surface area (Å²) in [7, 11) is 0. The highest BCUT2D eigenvalue weighted by Gasteiger charge is 2.42. The molecule has 0 unspecified atom stereocenters. The van der Waals surface area contributed by atoms with Gasteiger partial charge in [-0.2, -0.15) is 11.8 Å². The molecule has 2 aliphatic rings. The Morgan fingerprint density at radius 2 is 2.04 bits per heavy atom. The van der Waals surface area contributed by atoms with Gasteiger partial charge in [0.05, 0.1) is 18.1 Å². The molecule has 0 radical (unpaired) electrons. The fraction of sp³-hybridized carbons (Fsp3) is 0.579. The molecule has 0 aromatic heterocycles. The normalized spacial score (nSPS) is 27.1. The van der Waals surface area contributed by atoms with Gasteiger partial charge >= 0.3 is 6.03 Å². The lowest BCUT2D eigenvalue weighted by Gasteiger charge is -2.20. The number of carbonyl (C=O) groups is 2. The van der Waals surface area contributed by atoms with Crippen molar-refractivity contribution < 1.29 is 9.59 Å². The van der Waals surface area contributed by atoms with Crippen molar-refractivity contribution >= 4 is 23.7 Å². The molecule has 2 saturated heterocycles. The summed E-state index contributed by atoms with van der Waals surface area (Å²) in [6.45, 7) is 4.02. The maximum atomic E-state index is 12.4. The van der Waals surface area contributed by atoms with Gasteiger partial charge in [-0.05, 0) is 25.3 Å². The second-order valence-corrected chi connectivity index (χ2v) is 8.37. The third-order valence-corrected chi connectivity index (χ3v) is 6.68. The summed E-state index contributed by atoms with van der Waals surface area (Å²) in [5.74, 6) is 1.10. The molecule has 3 rings (SSSR count). The predicted octanol–water partition coefficient (Wildman–Crippen LogP) is 2.84. The van der Waals surface area contributed by atoms with Crippen LogP contribution in [0.25, 0.3) is 0 Å². The Hall–Kier alpha value is -1.69. The first-order valence-electron chi connectivity index (χ1n) is 9.08. The third-order valence-electron chi connectivity index (χ3n) is 5.17. The number of rotatable bonds is 7. The minimum absolute atomic E-state index is 0.00431. The van der Waals surface area contributed by atoms with E-state index in [-0.39, 0.29) is 36.0 Å². The molecular weight excluding hydrogens is 334 g/mol. The number of nitrogens with one attached hydrogen (secondary N) is 3. The molecule has 1 aromatic carbocycles. The smallest absolute Gasteiger partial charge is 0.315 e. The van der Waals surface area contributed by atoms with Gasteiger partial charge in [0.2, 0.25) is 5.91 Å². The summed E-state index contributed by atoms with van der Waals surface area (Å²) in [6, 6.07) is 10.5. The molecule has 0 saturated carbocycles. The average Bonchev–Trinajstić information content (AvgIpc) is 3.15. The largest absolute Gasteiger partial charge is 0.349 e. The molecule has 1 aromatic rings. The highest BCUT2D eigenvalue weighted by atomic mass is 32.2. The number of hydrogen-bond acceptors (Lipinski definition) is 3. The van der Waals surface area contributed by atoms with E-state index in [1.54, 1.807) is 0 Å². The van der Waals surface area contributed by atoms with E-state index < -0.39 is 0 Å².